The normalized spacial score (nSPS) is 10.3. The van der Waals surface area contributed by atoms with E-state index in [1.165, 1.54) is 5.56 Å². The van der Waals surface area contributed by atoms with E-state index in [1.807, 2.05) is 49.4 Å². The summed E-state index contributed by atoms with van der Waals surface area (Å²) in [6.45, 7) is 2.02. The molecule has 1 aromatic heterocycles. The van der Waals surface area contributed by atoms with Gasteiger partial charge in [-0.2, -0.15) is 0 Å². The van der Waals surface area contributed by atoms with Gasteiger partial charge in [0.05, 0.1) is 11.8 Å². The van der Waals surface area contributed by atoms with Gasteiger partial charge >= 0.3 is 0 Å². The quantitative estimate of drug-likeness (QED) is 0.790. The van der Waals surface area contributed by atoms with Gasteiger partial charge in [0, 0.05) is 5.56 Å². The number of anilines is 1. The lowest BCUT2D eigenvalue weighted by Gasteiger charge is -2.04. The molecule has 1 amide bonds. The second-order valence-corrected chi connectivity index (χ2v) is 4.75. The smallest absolute Gasteiger partial charge is 0.258 e. The molecule has 0 radical (unpaired) electrons. The molecule has 21 heavy (non-hydrogen) atoms. The Balaban J connectivity index is 1.86. The number of rotatable bonds is 3. The maximum absolute atomic E-state index is 12.2. The monoisotopic (exact) mass is 278 g/mol. The number of aryl methyl sites for hydroxylation is 1. The summed E-state index contributed by atoms with van der Waals surface area (Å²) in [5.74, 6) is 0.133. The Hall–Kier alpha value is -2.88. The van der Waals surface area contributed by atoms with Crippen LogP contribution in [0, 0.1) is 6.92 Å². The SMILES string of the molecule is Cc1ccc(-c2cnoc2NC(=O)c2ccccc2)cc1. The Morgan fingerprint density at radius 3 is 2.48 bits per heavy atom. The van der Waals surface area contributed by atoms with Crippen molar-refractivity contribution in [1.29, 1.82) is 0 Å². The van der Waals surface area contributed by atoms with Crippen molar-refractivity contribution in [2.24, 2.45) is 0 Å². The van der Waals surface area contributed by atoms with Crippen LogP contribution in [0.4, 0.5) is 5.88 Å². The van der Waals surface area contributed by atoms with E-state index in [0.29, 0.717) is 11.4 Å². The first-order valence-corrected chi connectivity index (χ1v) is 6.62. The lowest BCUT2D eigenvalue weighted by atomic mass is 10.1. The lowest BCUT2D eigenvalue weighted by Crippen LogP contribution is -2.11. The van der Waals surface area contributed by atoms with Crippen LogP contribution in [0.15, 0.2) is 65.3 Å². The standard InChI is InChI=1S/C17H14N2O2/c1-12-7-9-13(10-8-12)15-11-18-21-17(15)19-16(20)14-5-3-2-4-6-14/h2-11H,1H3,(H,19,20). The minimum absolute atomic E-state index is 0.222. The number of aromatic nitrogens is 1. The largest absolute Gasteiger partial charge is 0.338 e. The first kappa shape index (κ1) is 13.1. The Labute approximate surface area is 122 Å². The second-order valence-electron chi connectivity index (χ2n) is 4.75. The van der Waals surface area contributed by atoms with Gasteiger partial charge < -0.3 is 4.52 Å². The van der Waals surface area contributed by atoms with Crippen molar-refractivity contribution in [3.05, 3.63) is 71.9 Å². The molecule has 3 aromatic rings. The minimum atomic E-state index is -0.222. The zero-order valence-corrected chi connectivity index (χ0v) is 11.5. The van der Waals surface area contributed by atoms with Crippen LogP contribution in [0.25, 0.3) is 11.1 Å². The van der Waals surface area contributed by atoms with Crippen molar-refractivity contribution >= 4 is 11.8 Å². The Morgan fingerprint density at radius 2 is 1.76 bits per heavy atom. The van der Waals surface area contributed by atoms with Gasteiger partial charge in [-0.15, -0.1) is 0 Å². The number of hydrogen-bond donors (Lipinski definition) is 1. The molecule has 0 saturated carbocycles. The average Bonchev–Trinajstić information content (AvgIpc) is 2.97. The maximum atomic E-state index is 12.2. The van der Waals surface area contributed by atoms with Gasteiger partial charge in [-0.1, -0.05) is 53.2 Å². The Bertz CT molecular complexity index is 746. The topological polar surface area (TPSA) is 55.1 Å². The Morgan fingerprint density at radius 1 is 1.05 bits per heavy atom. The van der Waals surface area contributed by atoms with Crippen LogP contribution in [-0.4, -0.2) is 11.1 Å². The third-order valence-corrected chi connectivity index (χ3v) is 3.20. The molecule has 0 atom stereocenters. The molecule has 2 aromatic carbocycles. The van der Waals surface area contributed by atoms with E-state index in [-0.39, 0.29) is 5.91 Å². The van der Waals surface area contributed by atoms with Crippen molar-refractivity contribution in [1.82, 2.24) is 5.16 Å². The molecule has 1 heterocycles. The van der Waals surface area contributed by atoms with Gasteiger partial charge in [-0.05, 0) is 24.6 Å². The highest BCUT2D eigenvalue weighted by atomic mass is 16.5. The second kappa shape index (κ2) is 5.63. The minimum Gasteiger partial charge on any atom is -0.338 e. The van der Waals surface area contributed by atoms with Crippen LogP contribution in [0.3, 0.4) is 0 Å². The molecule has 1 N–H and O–H groups in total. The molecule has 4 heteroatoms. The van der Waals surface area contributed by atoms with E-state index in [2.05, 4.69) is 10.5 Å². The van der Waals surface area contributed by atoms with E-state index >= 15 is 0 Å². The van der Waals surface area contributed by atoms with E-state index in [1.54, 1.807) is 18.3 Å². The van der Waals surface area contributed by atoms with Crippen LogP contribution in [0.1, 0.15) is 15.9 Å². The third-order valence-electron chi connectivity index (χ3n) is 3.20. The number of carbonyl (C=O) groups is 1. The highest BCUT2D eigenvalue weighted by molar-refractivity contribution is 6.05. The molecule has 0 aliphatic carbocycles. The van der Waals surface area contributed by atoms with E-state index in [9.17, 15) is 4.79 Å². The molecule has 4 nitrogen and oxygen atoms in total. The molecule has 0 fully saturated rings. The van der Waals surface area contributed by atoms with Crippen molar-refractivity contribution in [3.63, 3.8) is 0 Å². The van der Waals surface area contributed by atoms with Crippen molar-refractivity contribution < 1.29 is 9.32 Å². The number of nitrogens with zero attached hydrogens (tertiary/aromatic N) is 1. The van der Waals surface area contributed by atoms with E-state index < -0.39 is 0 Å². The molecular formula is C17H14N2O2. The highest BCUT2D eigenvalue weighted by Gasteiger charge is 2.14. The van der Waals surface area contributed by atoms with Crippen LogP contribution in [-0.2, 0) is 0 Å². The molecule has 0 saturated heterocycles. The summed E-state index contributed by atoms with van der Waals surface area (Å²) < 4.78 is 5.16. The number of carbonyl (C=O) groups excluding carboxylic acids is 1. The number of benzene rings is 2. The first-order valence-electron chi connectivity index (χ1n) is 6.62. The van der Waals surface area contributed by atoms with Crippen molar-refractivity contribution in [2.45, 2.75) is 6.92 Å². The predicted octanol–water partition coefficient (Wildman–Crippen LogP) is 3.90. The summed E-state index contributed by atoms with van der Waals surface area (Å²) in [7, 11) is 0. The van der Waals surface area contributed by atoms with Gasteiger partial charge in [0.1, 0.15) is 0 Å². The van der Waals surface area contributed by atoms with Gasteiger partial charge in [0.25, 0.3) is 5.91 Å². The van der Waals surface area contributed by atoms with Gasteiger partial charge in [0.15, 0.2) is 0 Å². The summed E-state index contributed by atoms with van der Waals surface area (Å²) in [6.07, 6.45) is 1.60. The fraction of sp³-hybridized carbons (Fsp3) is 0.0588. The Kier molecular flexibility index (Phi) is 3.51. The number of nitrogens with one attached hydrogen (secondary N) is 1. The van der Waals surface area contributed by atoms with Crippen molar-refractivity contribution in [2.75, 3.05) is 5.32 Å². The molecule has 0 bridgehead atoms. The zero-order valence-electron chi connectivity index (χ0n) is 11.5. The summed E-state index contributed by atoms with van der Waals surface area (Å²) in [5, 5.41) is 6.53. The fourth-order valence-corrected chi connectivity index (χ4v) is 2.03. The van der Waals surface area contributed by atoms with Gasteiger partial charge in [-0.25, -0.2) is 0 Å². The van der Waals surface area contributed by atoms with Crippen LogP contribution >= 0.6 is 0 Å². The lowest BCUT2D eigenvalue weighted by molar-refractivity contribution is 0.102. The van der Waals surface area contributed by atoms with Gasteiger partial charge in [0.2, 0.25) is 5.88 Å². The zero-order chi connectivity index (χ0) is 14.7. The molecular weight excluding hydrogens is 264 g/mol. The molecule has 0 aliphatic rings. The molecule has 0 aliphatic heterocycles. The van der Waals surface area contributed by atoms with Crippen LogP contribution in [0.5, 0.6) is 0 Å². The molecule has 3 rings (SSSR count). The summed E-state index contributed by atoms with van der Waals surface area (Å²) in [6, 6.07) is 16.9. The van der Waals surface area contributed by atoms with E-state index in [0.717, 1.165) is 11.1 Å². The molecule has 0 spiro atoms. The van der Waals surface area contributed by atoms with Crippen molar-refractivity contribution in [3.8, 4) is 11.1 Å². The molecule has 0 unspecified atom stereocenters. The third kappa shape index (κ3) is 2.84. The number of amides is 1. The predicted molar refractivity (Wildman–Crippen MR) is 81.1 cm³/mol. The van der Waals surface area contributed by atoms with Crippen LogP contribution in [0.2, 0.25) is 0 Å². The van der Waals surface area contributed by atoms with Crippen LogP contribution < -0.4 is 5.32 Å². The first-order chi connectivity index (χ1) is 10.2. The summed E-state index contributed by atoms with van der Waals surface area (Å²) in [5.41, 5.74) is 3.46. The summed E-state index contributed by atoms with van der Waals surface area (Å²) in [4.78, 5) is 12.2. The average molecular weight is 278 g/mol. The van der Waals surface area contributed by atoms with Gasteiger partial charge in [-0.3, -0.25) is 10.1 Å². The maximum Gasteiger partial charge on any atom is 0.258 e. The van der Waals surface area contributed by atoms with E-state index in [4.69, 9.17) is 4.52 Å². The highest BCUT2D eigenvalue weighted by Crippen LogP contribution is 2.28. The molecule has 104 valence electrons. The number of hydrogen-bond acceptors (Lipinski definition) is 3. The fourth-order valence-electron chi connectivity index (χ4n) is 2.03. The summed E-state index contributed by atoms with van der Waals surface area (Å²) >= 11 is 0.